The number of para-hydroxylation sites is 2. The van der Waals surface area contributed by atoms with Crippen LogP contribution in [0, 0.1) is 0 Å². The molecule has 0 amide bonds. The molecule has 0 N–H and O–H groups in total. The molecule has 0 aliphatic heterocycles. The third-order valence-corrected chi connectivity index (χ3v) is 10.0. The van der Waals surface area contributed by atoms with Crippen molar-refractivity contribution in [3.8, 4) is 22.3 Å². The van der Waals surface area contributed by atoms with Crippen LogP contribution in [0.2, 0.25) is 0 Å². The normalized spacial score (nSPS) is 11.6. The fourth-order valence-electron chi connectivity index (χ4n) is 7.81. The molecule has 2 nitrogen and oxygen atoms in total. The highest BCUT2D eigenvalue weighted by atomic mass is 16.3. The molecule has 9 aromatic carbocycles. The number of benzene rings is 9. The molecule has 0 radical (unpaired) electrons. The third-order valence-electron chi connectivity index (χ3n) is 10.0. The highest BCUT2D eigenvalue weighted by molar-refractivity contribution is 6.17. The third kappa shape index (κ3) is 4.50. The first-order valence-electron chi connectivity index (χ1n) is 17.1. The van der Waals surface area contributed by atoms with Crippen LogP contribution in [0.5, 0.6) is 0 Å². The molecular formula is C48H31NO. The Bertz CT molecular complexity index is 2880. The minimum absolute atomic E-state index is 0.883. The van der Waals surface area contributed by atoms with Crippen molar-refractivity contribution in [2.24, 2.45) is 0 Å². The highest BCUT2D eigenvalue weighted by Crippen LogP contribution is 2.49. The molecule has 0 saturated carbocycles. The average Bonchev–Trinajstić information content (AvgIpc) is 3.56. The van der Waals surface area contributed by atoms with Crippen LogP contribution in [-0.4, -0.2) is 0 Å². The second-order valence-corrected chi connectivity index (χ2v) is 12.9. The second kappa shape index (κ2) is 11.5. The van der Waals surface area contributed by atoms with Crippen LogP contribution >= 0.6 is 0 Å². The first kappa shape index (κ1) is 28.4. The molecule has 50 heavy (non-hydrogen) atoms. The Labute approximate surface area is 290 Å². The molecule has 0 fully saturated rings. The molecule has 1 aromatic heterocycles. The SMILES string of the molecule is c1ccc(N(c2ccc3oc4ccccc4c3c2)c2cccc(-c3cccc4ccccc34)c2-c2cc3ccccc3c3ccccc23)cc1. The zero-order chi connectivity index (χ0) is 33.0. The van der Waals surface area contributed by atoms with Crippen LogP contribution in [0.15, 0.2) is 192 Å². The van der Waals surface area contributed by atoms with Gasteiger partial charge >= 0.3 is 0 Å². The van der Waals surface area contributed by atoms with E-state index in [2.05, 4.69) is 181 Å². The van der Waals surface area contributed by atoms with Crippen molar-refractivity contribution in [1.82, 2.24) is 0 Å². The van der Waals surface area contributed by atoms with Gasteiger partial charge in [-0.2, -0.15) is 0 Å². The van der Waals surface area contributed by atoms with Gasteiger partial charge in [0.1, 0.15) is 11.2 Å². The Balaban J connectivity index is 1.35. The van der Waals surface area contributed by atoms with E-state index < -0.39 is 0 Å². The number of anilines is 3. The van der Waals surface area contributed by atoms with Crippen LogP contribution in [0.1, 0.15) is 0 Å². The zero-order valence-electron chi connectivity index (χ0n) is 27.3. The van der Waals surface area contributed by atoms with Gasteiger partial charge in [0.25, 0.3) is 0 Å². The van der Waals surface area contributed by atoms with Gasteiger partial charge in [-0.3, -0.25) is 0 Å². The lowest BCUT2D eigenvalue weighted by atomic mass is 9.86. The first-order chi connectivity index (χ1) is 24.8. The van der Waals surface area contributed by atoms with Gasteiger partial charge in [0.05, 0.1) is 5.69 Å². The van der Waals surface area contributed by atoms with Crippen molar-refractivity contribution in [1.29, 1.82) is 0 Å². The summed E-state index contributed by atoms with van der Waals surface area (Å²) in [6, 6.07) is 67.7. The fourth-order valence-corrected chi connectivity index (χ4v) is 7.81. The lowest BCUT2D eigenvalue weighted by Crippen LogP contribution is -2.11. The van der Waals surface area contributed by atoms with Gasteiger partial charge in [0, 0.05) is 27.7 Å². The van der Waals surface area contributed by atoms with E-state index in [1.807, 2.05) is 12.1 Å². The average molecular weight is 638 g/mol. The minimum atomic E-state index is 0.883. The summed E-state index contributed by atoms with van der Waals surface area (Å²) in [5, 5.41) is 9.62. The maximum Gasteiger partial charge on any atom is 0.135 e. The largest absolute Gasteiger partial charge is 0.456 e. The molecule has 0 aliphatic rings. The van der Waals surface area contributed by atoms with Gasteiger partial charge in [-0.15, -0.1) is 0 Å². The summed E-state index contributed by atoms with van der Waals surface area (Å²) in [5.41, 5.74) is 9.82. The standard InChI is InChI=1S/C48H31NO/c1-2-17-34(18-3-1)49(35-28-29-47-43(31-35)41-23-10-11-27-46(41)50-47)45-26-13-25-42(39-24-12-16-32-14-4-6-19-36(32)39)48(45)44-30-33-15-5-7-20-37(33)38-21-8-9-22-40(38)44/h1-31H. The summed E-state index contributed by atoms with van der Waals surface area (Å²) < 4.78 is 6.28. The molecule has 0 saturated heterocycles. The molecule has 1 heterocycles. The molecule has 10 rings (SSSR count). The number of rotatable bonds is 5. The predicted octanol–water partition coefficient (Wildman–Crippen LogP) is 13.8. The lowest BCUT2D eigenvalue weighted by molar-refractivity contribution is 0.669. The molecule has 0 aliphatic carbocycles. The van der Waals surface area contributed by atoms with Crippen LogP contribution in [0.4, 0.5) is 17.1 Å². The van der Waals surface area contributed by atoms with Crippen molar-refractivity contribution >= 4 is 71.3 Å². The smallest absolute Gasteiger partial charge is 0.135 e. The van der Waals surface area contributed by atoms with E-state index >= 15 is 0 Å². The summed E-state index contributed by atoms with van der Waals surface area (Å²) >= 11 is 0. The Morgan fingerprint density at radius 3 is 1.80 bits per heavy atom. The number of hydrogen-bond acceptors (Lipinski definition) is 2. The van der Waals surface area contributed by atoms with Gasteiger partial charge < -0.3 is 9.32 Å². The van der Waals surface area contributed by atoms with E-state index in [0.717, 1.165) is 39.0 Å². The van der Waals surface area contributed by atoms with Gasteiger partial charge in [-0.1, -0.05) is 140 Å². The van der Waals surface area contributed by atoms with Gasteiger partial charge in [0.15, 0.2) is 0 Å². The number of furan rings is 1. The zero-order valence-corrected chi connectivity index (χ0v) is 27.3. The van der Waals surface area contributed by atoms with Crippen molar-refractivity contribution < 1.29 is 4.42 Å². The monoisotopic (exact) mass is 637 g/mol. The lowest BCUT2D eigenvalue weighted by Gasteiger charge is -2.30. The fraction of sp³-hybridized carbons (Fsp3) is 0. The van der Waals surface area contributed by atoms with Gasteiger partial charge in [-0.25, -0.2) is 0 Å². The van der Waals surface area contributed by atoms with Crippen LogP contribution < -0.4 is 4.90 Å². The van der Waals surface area contributed by atoms with E-state index in [-0.39, 0.29) is 0 Å². The molecule has 0 spiro atoms. The molecule has 10 aromatic rings. The Kier molecular flexibility index (Phi) is 6.53. The molecule has 2 heteroatoms. The predicted molar refractivity (Wildman–Crippen MR) is 212 cm³/mol. The highest BCUT2D eigenvalue weighted by Gasteiger charge is 2.24. The first-order valence-corrected chi connectivity index (χ1v) is 17.1. The van der Waals surface area contributed by atoms with Crippen LogP contribution in [-0.2, 0) is 0 Å². The summed E-state index contributed by atoms with van der Waals surface area (Å²) in [7, 11) is 0. The van der Waals surface area contributed by atoms with Crippen molar-refractivity contribution in [2.45, 2.75) is 0 Å². The van der Waals surface area contributed by atoms with Crippen molar-refractivity contribution in [3.05, 3.63) is 188 Å². The number of fused-ring (bicyclic) bond motifs is 7. The quantitative estimate of drug-likeness (QED) is 0.175. The molecule has 234 valence electrons. The van der Waals surface area contributed by atoms with Crippen LogP contribution in [0.25, 0.3) is 76.5 Å². The Morgan fingerprint density at radius 1 is 0.320 bits per heavy atom. The van der Waals surface area contributed by atoms with Crippen molar-refractivity contribution in [3.63, 3.8) is 0 Å². The second-order valence-electron chi connectivity index (χ2n) is 12.9. The van der Waals surface area contributed by atoms with Gasteiger partial charge in [-0.05, 0) is 97.5 Å². The maximum atomic E-state index is 6.28. The summed E-state index contributed by atoms with van der Waals surface area (Å²) in [6.45, 7) is 0. The Hall–Kier alpha value is -6.64. The van der Waals surface area contributed by atoms with E-state index in [1.54, 1.807) is 0 Å². The molecule has 0 atom stereocenters. The summed E-state index contributed by atoms with van der Waals surface area (Å²) in [6.07, 6.45) is 0. The number of nitrogens with zero attached hydrogens (tertiary/aromatic N) is 1. The van der Waals surface area contributed by atoms with E-state index in [1.165, 1.54) is 54.6 Å². The molecule has 0 bridgehead atoms. The van der Waals surface area contributed by atoms with Crippen LogP contribution in [0.3, 0.4) is 0 Å². The van der Waals surface area contributed by atoms with E-state index in [4.69, 9.17) is 4.42 Å². The topological polar surface area (TPSA) is 16.4 Å². The minimum Gasteiger partial charge on any atom is -0.456 e. The van der Waals surface area contributed by atoms with Crippen molar-refractivity contribution in [2.75, 3.05) is 4.90 Å². The van der Waals surface area contributed by atoms with E-state index in [0.29, 0.717) is 0 Å². The summed E-state index contributed by atoms with van der Waals surface area (Å²) in [4.78, 5) is 2.41. The van der Waals surface area contributed by atoms with E-state index in [9.17, 15) is 0 Å². The number of hydrogen-bond donors (Lipinski definition) is 0. The Morgan fingerprint density at radius 2 is 0.940 bits per heavy atom. The van der Waals surface area contributed by atoms with Gasteiger partial charge in [0.2, 0.25) is 0 Å². The summed E-state index contributed by atoms with van der Waals surface area (Å²) in [5.74, 6) is 0. The molecule has 0 unspecified atom stereocenters. The maximum absolute atomic E-state index is 6.28. The molecular weight excluding hydrogens is 607 g/mol.